The van der Waals surface area contributed by atoms with Crippen molar-refractivity contribution in [1.82, 2.24) is 15.5 Å². The molecule has 0 radical (unpaired) electrons. The van der Waals surface area contributed by atoms with Crippen LogP contribution in [0.3, 0.4) is 0 Å². The van der Waals surface area contributed by atoms with Gasteiger partial charge in [-0.25, -0.2) is 0 Å². The molecule has 0 fully saturated rings. The fourth-order valence-electron chi connectivity index (χ4n) is 1.27. The highest BCUT2D eigenvalue weighted by Crippen LogP contribution is 2.10. The van der Waals surface area contributed by atoms with Gasteiger partial charge in [-0.05, 0) is 13.3 Å². The minimum absolute atomic E-state index is 0.0312. The first kappa shape index (κ1) is 13.7. The lowest BCUT2D eigenvalue weighted by Crippen LogP contribution is -2.32. The van der Waals surface area contributed by atoms with Crippen LogP contribution in [0, 0.1) is 0 Å². The van der Waals surface area contributed by atoms with Crippen LogP contribution in [0.5, 0.6) is 0 Å². The summed E-state index contributed by atoms with van der Waals surface area (Å²) in [6, 6.07) is 0.219. The highest BCUT2D eigenvalue weighted by Gasteiger charge is 2.12. The second-order valence-corrected chi connectivity index (χ2v) is 4.58. The second kappa shape index (κ2) is 6.37. The van der Waals surface area contributed by atoms with E-state index in [4.69, 9.17) is 4.52 Å². The summed E-state index contributed by atoms with van der Waals surface area (Å²) in [6.45, 7) is 8.04. The molecule has 1 atom stereocenters. The molecule has 1 amide bonds. The number of hydrogen-bond donors (Lipinski definition) is 1. The summed E-state index contributed by atoms with van der Waals surface area (Å²) in [5.41, 5.74) is 0. The smallest absolute Gasteiger partial charge is 0.227 e. The first-order valence-corrected chi connectivity index (χ1v) is 6.14. The zero-order valence-electron chi connectivity index (χ0n) is 11.0. The van der Waals surface area contributed by atoms with Crippen molar-refractivity contribution in [2.45, 2.75) is 58.9 Å². The molecule has 1 N–H and O–H groups in total. The standard InChI is InChI=1S/C12H21N3O2/c1-5-9(4)13-10(16)6-7-11-14-12(8(2)3)15-17-11/h8-9H,5-7H2,1-4H3,(H,13,16)/t9-/m1/s1. The average Bonchev–Trinajstić information content (AvgIpc) is 2.75. The third-order valence-electron chi connectivity index (χ3n) is 2.59. The van der Waals surface area contributed by atoms with Gasteiger partial charge in [0.2, 0.25) is 11.8 Å². The summed E-state index contributed by atoms with van der Waals surface area (Å²) >= 11 is 0. The SMILES string of the molecule is CC[C@@H](C)NC(=O)CCc1nc(C(C)C)no1. The molecule has 1 aromatic rings. The fraction of sp³-hybridized carbons (Fsp3) is 0.750. The Morgan fingerprint density at radius 1 is 1.41 bits per heavy atom. The van der Waals surface area contributed by atoms with Gasteiger partial charge in [0.15, 0.2) is 5.82 Å². The number of carbonyl (C=O) groups is 1. The van der Waals surface area contributed by atoms with Crippen LogP contribution >= 0.6 is 0 Å². The van der Waals surface area contributed by atoms with Crippen LogP contribution in [-0.4, -0.2) is 22.1 Å². The fourth-order valence-corrected chi connectivity index (χ4v) is 1.27. The molecule has 0 aliphatic rings. The third kappa shape index (κ3) is 4.54. The van der Waals surface area contributed by atoms with E-state index < -0.39 is 0 Å². The van der Waals surface area contributed by atoms with Gasteiger partial charge in [-0.1, -0.05) is 25.9 Å². The summed E-state index contributed by atoms with van der Waals surface area (Å²) in [5.74, 6) is 1.51. The topological polar surface area (TPSA) is 68.0 Å². The lowest BCUT2D eigenvalue weighted by atomic mass is 10.2. The summed E-state index contributed by atoms with van der Waals surface area (Å²) in [5, 5.41) is 6.75. The van der Waals surface area contributed by atoms with Gasteiger partial charge in [0, 0.05) is 24.8 Å². The Balaban J connectivity index is 2.37. The monoisotopic (exact) mass is 239 g/mol. The number of amides is 1. The van der Waals surface area contributed by atoms with Crippen LogP contribution in [0.15, 0.2) is 4.52 Å². The molecular formula is C12H21N3O2. The summed E-state index contributed by atoms with van der Waals surface area (Å²) in [4.78, 5) is 15.7. The lowest BCUT2D eigenvalue weighted by molar-refractivity contribution is -0.121. The molecule has 0 unspecified atom stereocenters. The average molecular weight is 239 g/mol. The van der Waals surface area contributed by atoms with Crippen LogP contribution in [-0.2, 0) is 11.2 Å². The Kier molecular flexibility index (Phi) is 5.12. The normalized spacial score (nSPS) is 12.8. The Hall–Kier alpha value is -1.39. The van der Waals surface area contributed by atoms with Gasteiger partial charge in [0.05, 0.1) is 0 Å². The van der Waals surface area contributed by atoms with E-state index in [2.05, 4.69) is 15.5 Å². The first-order valence-electron chi connectivity index (χ1n) is 6.14. The Morgan fingerprint density at radius 3 is 2.65 bits per heavy atom. The molecule has 0 saturated carbocycles. The minimum atomic E-state index is 0.0312. The van der Waals surface area contributed by atoms with E-state index in [-0.39, 0.29) is 17.9 Å². The quantitative estimate of drug-likeness (QED) is 0.824. The van der Waals surface area contributed by atoms with E-state index in [0.717, 1.165) is 6.42 Å². The molecule has 0 aromatic carbocycles. The number of carbonyl (C=O) groups excluding carboxylic acids is 1. The molecular weight excluding hydrogens is 218 g/mol. The summed E-state index contributed by atoms with van der Waals surface area (Å²) in [7, 11) is 0. The van der Waals surface area contributed by atoms with Gasteiger partial charge in [0.1, 0.15) is 0 Å². The van der Waals surface area contributed by atoms with Crippen molar-refractivity contribution in [3.8, 4) is 0 Å². The van der Waals surface area contributed by atoms with E-state index in [1.54, 1.807) is 0 Å². The van der Waals surface area contributed by atoms with Crippen molar-refractivity contribution in [2.24, 2.45) is 0 Å². The molecule has 0 aliphatic carbocycles. The van der Waals surface area contributed by atoms with Gasteiger partial charge in [-0.2, -0.15) is 4.98 Å². The zero-order valence-corrected chi connectivity index (χ0v) is 11.0. The molecule has 5 nitrogen and oxygen atoms in total. The van der Waals surface area contributed by atoms with Gasteiger partial charge >= 0.3 is 0 Å². The van der Waals surface area contributed by atoms with Crippen LogP contribution in [0.2, 0.25) is 0 Å². The van der Waals surface area contributed by atoms with Crippen molar-refractivity contribution in [3.63, 3.8) is 0 Å². The highest BCUT2D eigenvalue weighted by molar-refractivity contribution is 5.76. The maximum Gasteiger partial charge on any atom is 0.227 e. The third-order valence-corrected chi connectivity index (χ3v) is 2.59. The van der Waals surface area contributed by atoms with Crippen molar-refractivity contribution in [2.75, 3.05) is 0 Å². The molecule has 0 spiro atoms. The van der Waals surface area contributed by atoms with E-state index in [9.17, 15) is 4.79 Å². The van der Waals surface area contributed by atoms with E-state index in [1.807, 2.05) is 27.7 Å². The van der Waals surface area contributed by atoms with Gasteiger partial charge in [-0.15, -0.1) is 0 Å². The van der Waals surface area contributed by atoms with E-state index in [0.29, 0.717) is 24.6 Å². The van der Waals surface area contributed by atoms with Crippen LogP contribution in [0.4, 0.5) is 0 Å². The van der Waals surface area contributed by atoms with E-state index >= 15 is 0 Å². The first-order chi connectivity index (χ1) is 8.02. The second-order valence-electron chi connectivity index (χ2n) is 4.58. The predicted molar refractivity (Wildman–Crippen MR) is 64.6 cm³/mol. The molecule has 5 heteroatoms. The number of aryl methyl sites for hydroxylation is 1. The number of nitrogens with one attached hydrogen (secondary N) is 1. The Labute approximate surface area is 102 Å². The molecule has 1 heterocycles. The largest absolute Gasteiger partial charge is 0.354 e. The maximum atomic E-state index is 11.5. The molecule has 96 valence electrons. The molecule has 17 heavy (non-hydrogen) atoms. The molecule has 0 saturated heterocycles. The van der Waals surface area contributed by atoms with Crippen LogP contribution < -0.4 is 5.32 Å². The summed E-state index contributed by atoms with van der Waals surface area (Å²) in [6.07, 6.45) is 1.83. The molecule has 0 aliphatic heterocycles. The van der Waals surface area contributed by atoms with Crippen LogP contribution in [0.1, 0.15) is 58.2 Å². The maximum absolute atomic E-state index is 11.5. The van der Waals surface area contributed by atoms with Crippen molar-refractivity contribution in [3.05, 3.63) is 11.7 Å². The Bertz CT molecular complexity index is 360. The van der Waals surface area contributed by atoms with Crippen molar-refractivity contribution < 1.29 is 9.32 Å². The number of nitrogens with zero attached hydrogens (tertiary/aromatic N) is 2. The van der Waals surface area contributed by atoms with Crippen LogP contribution in [0.25, 0.3) is 0 Å². The zero-order chi connectivity index (χ0) is 12.8. The number of aromatic nitrogens is 2. The van der Waals surface area contributed by atoms with Gasteiger partial charge < -0.3 is 9.84 Å². The van der Waals surface area contributed by atoms with Gasteiger partial charge in [0.25, 0.3) is 0 Å². The highest BCUT2D eigenvalue weighted by atomic mass is 16.5. The molecule has 1 rings (SSSR count). The molecule has 1 aromatic heterocycles. The predicted octanol–water partition coefficient (Wildman–Crippen LogP) is 2.04. The van der Waals surface area contributed by atoms with Crippen molar-refractivity contribution >= 4 is 5.91 Å². The van der Waals surface area contributed by atoms with E-state index in [1.165, 1.54) is 0 Å². The number of rotatable bonds is 6. The number of hydrogen-bond acceptors (Lipinski definition) is 4. The van der Waals surface area contributed by atoms with Gasteiger partial charge in [-0.3, -0.25) is 4.79 Å². The minimum Gasteiger partial charge on any atom is -0.354 e. The Morgan fingerprint density at radius 2 is 2.12 bits per heavy atom. The summed E-state index contributed by atoms with van der Waals surface area (Å²) < 4.78 is 5.07. The lowest BCUT2D eigenvalue weighted by Gasteiger charge is -2.10. The molecule has 0 bridgehead atoms. The van der Waals surface area contributed by atoms with Crippen molar-refractivity contribution in [1.29, 1.82) is 0 Å².